The molecule has 0 radical (unpaired) electrons. The van der Waals surface area contributed by atoms with Gasteiger partial charge in [-0.05, 0) is 41.3 Å². The topological polar surface area (TPSA) is 27.3 Å². The van der Waals surface area contributed by atoms with Crippen LogP contribution in [0.1, 0.15) is 35.3 Å². The van der Waals surface area contributed by atoms with Crippen LogP contribution in [-0.4, -0.2) is 10.7 Å². The van der Waals surface area contributed by atoms with Gasteiger partial charge in [0.15, 0.2) is 0 Å². The van der Waals surface area contributed by atoms with Gasteiger partial charge in [-0.15, -0.1) is 0 Å². The number of benzene rings is 3. The summed E-state index contributed by atoms with van der Waals surface area (Å²) in [5.74, 6) is 0.577. The van der Waals surface area contributed by atoms with Crippen LogP contribution in [0.3, 0.4) is 0 Å². The van der Waals surface area contributed by atoms with Gasteiger partial charge in [-0.25, -0.2) is 13.5 Å². The van der Waals surface area contributed by atoms with Crippen LogP contribution in [0, 0.1) is 5.82 Å². The summed E-state index contributed by atoms with van der Waals surface area (Å²) in [6.07, 6.45) is 7.86. The van der Waals surface area contributed by atoms with Crippen LogP contribution in [0.2, 0.25) is 0 Å². The Morgan fingerprint density at radius 2 is 1.91 bits per heavy atom. The van der Waals surface area contributed by atoms with E-state index >= 15 is 0 Å². The van der Waals surface area contributed by atoms with Crippen LogP contribution in [0.15, 0.2) is 91.5 Å². The maximum absolute atomic E-state index is 13.5. The van der Waals surface area contributed by atoms with Crippen molar-refractivity contribution >= 4 is 0 Å². The molecule has 4 aromatic rings. The third kappa shape index (κ3) is 5.20. The average Bonchev–Trinajstić information content (AvgIpc) is 3.48. The van der Waals surface area contributed by atoms with Gasteiger partial charge in [0, 0.05) is 12.0 Å². The molecule has 0 N–H and O–H groups in total. The fourth-order valence-corrected chi connectivity index (χ4v) is 4.65. The molecule has 2 atom stereocenters. The molecule has 34 heavy (non-hydrogen) atoms. The predicted molar refractivity (Wildman–Crippen MR) is 129 cm³/mol. The Kier molecular flexibility index (Phi) is 6.72. The molecule has 0 aliphatic carbocycles. The van der Waals surface area contributed by atoms with Gasteiger partial charge in [-0.3, -0.25) is 0 Å². The lowest BCUT2D eigenvalue weighted by Crippen LogP contribution is -2.36. The third-order valence-corrected chi connectivity index (χ3v) is 6.38. The summed E-state index contributed by atoms with van der Waals surface area (Å²) >= 11 is 0. The number of halogens is 1. The van der Waals surface area contributed by atoms with E-state index in [0.29, 0.717) is 19.7 Å². The first-order valence-electron chi connectivity index (χ1n) is 11.9. The van der Waals surface area contributed by atoms with E-state index in [1.807, 2.05) is 18.2 Å². The van der Waals surface area contributed by atoms with Crippen LogP contribution in [0.4, 0.5) is 4.39 Å². The quantitative estimate of drug-likeness (QED) is 0.313. The molecule has 5 rings (SSSR count). The SMILES string of the molecule is CCc1ccccc1C(C[n+]1ccn(CC2Cc3cc(F)ccc3O2)c1)OCc1ccccc1. The van der Waals surface area contributed by atoms with Crippen LogP contribution < -0.4 is 9.30 Å². The van der Waals surface area contributed by atoms with Gasteiger partial charge >= 0.3 is 0 Å². The van der Waals surface area contributed by atoms with E-state index in [2.05, 4.69) is 71.2 Å². The number of hydrogen-bond acceptors (Lipinski definition) is 2. The van der Waals surface area contributed by atoms with Crippen molar-refractivity contribution < 1.29 is 18.4 Å². The molecule has 1 aliphatic heterocycles. The van der Waals surface area contributed by atoms with Crippen molar-refractivity contribution in [1.29, 1.82) is 0 Å². The number of fused-ring (bicyclic) bond motifs is 1. The van der Waals surface area contributed by atoms with Crippen molar-refractivity contribution in [3.8, 4) is 5.75 Å². The first-order valence-corrected chi connectivity index (χ1v) is 11.9. The summed E-state index contributed by atoms with van der Waals surface area (Å²) < 4.78 is 30.3. The van der Waals surface area contributed by atoms with Gasteiger partial charge in [0.05, 0.1) is 6.61 Å². The fourth-order valence-electron chi connectivity index (χ4n) is 4.65. The minimum absolute atomic E-state index is 0.00333. The van der Waals surface area contributed by atoms with E-state index in [4.69, 9.17) is 9.47 Å². The highest BCUT2D eigenvalue weighted by atomic mass is 19.1. The van der Waals surface area contributed by atoms with Gasteiger partial charge in [0.1, 0.15) is 49.3 Å². The van der Waals surface area contributed by atoms with E-state index in [9.17, 15) is 4.39 Å². The molecule has 0 spiro atoms. The first-order chi connectivity index (χ1) is 16.7. The molecule has 1 aromatic heterocycles. The maximum atomic E-state index is 13.5. The molecular formula is C29H30FN2O2+. The van der Waals surface area contributed by atoms with Gasteiger partial charge in [-0.2, -0.15) is 0 Å². The lowest BCUT2D eigenvalue weighted by Gasteiger charge is -2.19. The number of hydrogen-bond donors (Lipinski definition) is 0. The number of nitrogens with zero attached hydrogens (tertiary/aromatic N) is 2. The molecule has 0 saturated heterocycles. The zero-order valence-corrected chi connectivity index (χ0v) is 19.4. The molecule has 0 bridgehead atoms. The Morgan fingerprint density at radius 1 is 1.09 bits per heavy atom. The summed E-state index contributed by atoms with van der Waals surface area (Å²) in [5, 5.41) is 0. The fraction of sp³-hybridized carbons (Fsp3) is 0.276. The standard InChI is InChI=1S/C29H30FN2O2/c1-2-23-10-6-7-11-27(23)29(33-20-22-8-4-3-5-9-22)19-32-15-14-31(21-32)18-26-17-24-16-25(30)12-13-28(24)34-26/h3-16,21,26,29H,2,17-20H2,1H3/q+1. The lowest BCUT2D eigenvalue weighted by molar-refractivity contribution is -0.705. The summed E-state index contributed by atoms with van der Waals surface area (Å²) in [6.45, 7) is 4.18. The summed E-state index contributed by atoms with van der Waals surface area (Å²) in [4.78, 5) is 0. The lowest BCUT2D eigenvalue weighted by atomic mass is 10.00. The Morgan fingerprint density at radius 3 is 2.76 bits per heavy atom. The second-order valence-corrected chi connectivity index (χ2v) is 8.84. The molecule has 2 heterocycles. The zero-order chi connectivity index (χ0) is 23.3. The molecule has 0 fully saturated rings. The van der Waals surface area contributed by atoms with Gasteiger partial charge in [0.2, 0.25) is 6.33 Å². The molecule has 5 heteroatoms. The van der Waals surface area contributed by atoms with Crippen LogP contribution in [-0.2, 0) is 37.3 Å². The number of ether oxygens (including phenoxy) is 2. The van der Waals surface area contributed by atoms with Crippen molar-refractivity contribution in [1.82, 2.24) is 4.57 Å². The van der Waals surface area contributed by atoms with E-state index in [1.54, 1.807) is 12.1 Å². The Balaban J connectivity index is 1.29. The van der Waals surface area contributed by atoms with Crippen LogP contribution in [0.5, 0.6) is 5.75 Å². The molecule has 0 saturated carbocycles. The molecular weight excluding hydrogens is 427 g/mol. The van der Waals surface area contributed by atoms with Crippen molar-refractivity contribution in [2.24, 2.45) is 0 Å². The molecule has 0 amide bonds. The maximum Gasteiger partial charge on any atom is 0.243 e. The summed E-state index contributed by atoms with van der Waals surface area (Å²) in [6, 6.07) is 23.6. The van der Waals surface area contributed by atoms with E-state index < -0.39 is 0 Å². The number of rotatable bonds is 9. The normalized spacial score (nSPS) is 15.6. The molecule has 1 aliphatic rings. The minimum Gasteiger partial charge on any atom is -0.486 e. The molecule has 174 valence electrons. The van der Waals surface area contributed by atoms with Crippen molar-refractivity contribution in [3.05, 3.63) is 120 Å². The Hall–Kier alpha value is -3.44. The Bertz CT molecular complexity index is 1240. The van der Waals surface area contributed by atoms with Crippen molar-refractivity contribution in [2.75, 3.05) is 0 Å². The largest absolute Gasteiger partial charge is 0.486 e. The highest BCUT2D eigenvalue weighted by Crippen LogP contribution is 2.30. The highest BCUT2D eigenvalue weighted by molar-refractivity contribution is 5.37. The van der Waals surface area contributed by atoms with Gasteiger partial charge < -0.3 is 9.47 Å². The average molecular weight is 458 g/mol. The second-order valence-electron chi connectivity index (χ2n) is 8.84. The predicted octanol–water partition coefficient (Wildman–Crippen LogP) is 5.44. The zero-order valence-electron chi connectivity index (χ0n) is 19.4. The number of aryl methyl sites for hydroxylation is 1. The van der Waals surface area contributed by atoms with E-state index in [0.717, 1.165) is 24.2 Å². The molecule has 2 unspecified atom stereocenters. The summed E-state index contributed by atoms with van der Waals surface area (Å²) in [7, 11) is 0. The molecule has 4 nitrogen and oxygen atoms in total. The van der Waals surface area contributed by atoms with Gasteiger partial charge in [0.25, 0.3) is 0 Å². The molecule has 3 aromatic carbocycles. The monoisotopic (exact) mass is 457 g/mol. The Labute approximate surface area is 200 Å². The highest BCUT2D eigenvalue weighted by Gasteiger charge is 2.26. The van der Waals surface area contributed by atoms with Crippen LogP contribution >= 0.6 is 0 Å². The third-order valence-electron chi connectivity index (χ3n) is 6.38. The minimum atomic E-state index is -0.212. The van der Waals surface area contributed by atoms with E-state index in [-0.39, 0.29) is 18.0 Å². The number of aromatic nitrogens is 2. The number of imidazole rings is 1. The van der Waals surface area contributed by atoms with E-state index in [1.165, 1.54) is 22.8 Å². The summed E-state index contributed by atoms with van der Waals surface area (Å²) in [5.41, 5.74) is 4.65. The second kappa shape index (κ2) is 10.2. The van der Waals surface area contributed by atoms with Gasteiger partial charge in [-0.1, -0.05) is 61.5 Å². The smallest absolute Gasteiger partial charge is 0.243 e. The van der Waals surface area contributed by atoms with Crippen molar-refractivity contribution in [3.63, 3.8) is 0 Å². The first kappa shape index (κ1) is 22.4. The van der Waals surface area contributed by atoms with Crippen molar-refractivity contribution in [2.45, 2.75) is 51.7 Å². The van der Waals surface area contributed by atoms with Crippen LogP contribution in [0.25, 0.3) is 0 Å².